The molecule has 0 aliphatic carbocycles. The molecule has 0 aromatic rings. The Morgan fingerprint density at radius 2 is 2.42 bits per heavy atom. The second-order valence-corrected chi connectivity index (χ2v) is 3.31. The van der Waals surface area contributed by atoms with Gasteiger partial charge in [-0.3, -0.25) is 9.59 Å². The number of cyclic esters (lactones) is 1. The molecular weight excluding hydrogens is 156 g/mol. The Kier molecular flexibility index (Phi) is 2.04. The first-order chi connectivity index (χ1) is 5.48. The number of ether oxygens (including phenoxy) is 1. The highest BCUT2D eigenvalue weighted by Gasteiger charge is 2.43. The quantitative estimate of drug-likeness (QED) is 0.352. The van der Waals surface area contributed by atoms with Crippen molar-refractivity contribution >= 4 is 11.8 Å². The van der Waals surface area contributed by atoms with Crippen LogP contribution in [-0.4, -0.2) is 17.4 Å². The standard InChI is InChI=1S/C9H12O3/c1-4-9(3)5-7(6(2)10)8(11)12-9/h4,7H,1,5H2,2-3H3. The monoisotopic (exact) mass is 168 g/mol. The van der Waals surface area contributed by atoms with Crippen LogP contribution in [0.1, 0.15) is 20.3 Å². The van der Waals surface area contributed by atoms with Crippen LogP contribution in [-0.2, 0) is 14.3 Å². The van der Waals surface area contributed by atoms with Crippen LogP contribution in [0.15, 0.2) is 12.7 Å². The van der Waals surface area contributed by atoms with Crippen LogP contribution in [0, 0.1) is 5.92 Å². The summed E-state index contributed by atoms with van der Waals surface area (Å²) in [6, 6.07) is 0. The van der Waals surface area contributed by atoms with Crippen molar-refractivity contribution < 1.29 is 14.3 Å². The minimum Gasteiger partial charge on any atom is -0.455 e. The van der Waals surface area contributed by atoms with E-state index in [9.17, 15) is 9.59 Å². The Bertz CT molecular complexity index is 244. The second-order valence-electron chi connectivity index (χ2n) is 3.31. The molecule has 1 aliphatic heterocycles. The van der Waals surface area contributed by atoms with Gasteiger partial charge in [0.1, 0.15) is 17.3 Å². The highest BCUT2D eigenvalue weighted by molar-refractivity contribution is 5.99. The maximum Gasteiger partial charge on any atom is 0.317 e. The molecule has 0 N–H and O–H groups in total. The van der Waals surface area contributed by atoms with E-state index in [0.29, 0.717) is 6.42 Å². The summed E-state index contributed by atoms with van der Waals surface area (Å²) in [5.74, 6) is -1.15. The van der Waals surface area contributed by atoms with E-state index in [0.717, 1.165) is 0 Å². The lowest BCUT2D eigenvalue weighted by Gasteiger charge is -2.15. The van der Waals surface area contributed by atoms with Crippen molar-refractivity contribution in [3.8, 4) is 0 Å². The van der Waals surface area contributed by atoms with Gasteiger partial charge in [-0.15, -0.1) is 0 Å². The first-order valence-corrected chi connectivity index (χ1v) is 3.85. The van der Waals surface area contributed by atoms with Gasteiger partial charge in [-0.2, -0.15) is 0 Å². The van der Waals surface area contributed by atoms with E-state index in [1.165, 1.54) is 6.92 Å². The molecule has 0 radical (unpaired) electrons. The molecule has 66 valence electrons. The number of Topliss-reactive ketones (excluding diaryl/α,β-unsaturated/α-hetero) is 1. The van der Waals surface area contributed by atoms with Crippen LogP contribution in [0.2, 0.25) is 0 Å². The summed E-state index contributed by atoms with van der Waals surface area (Å²) in [6.45, 7) is 6.71. The molecule has 1 heterocycles. The van der Waals surface area contributed by atoms with E-state index in [1.54, 1.807) is 13.0 Å². The van der Waals surface area contributed by atoms with Gasteiger partial charge in [0.25, 0.3) is 0 Å². The highest BCUT2D eigenvalue weighted by Crippen LogP contribution is 2.31. The lowest BCUT2D eigenvalue weighted by Crippen LogP contribution is -2.19. The first-order valence-electron chi connectivity index (χ1n) is 3.85. The predicted molar refractivity (Wildman–Crippen MR) is 43.5 cm³/mol. The van der Waals surface area contributed by atoms with E-state index in [4.69, 9.17) is 4.74 Å². The van der Waals surface area contributed by atoms with Crippen LogP contribution < -0.4 is 0 Å². The van der Waals surface area contributed by atoms with Gasteiger partial charge in [0.05, 0.1) is 0 Å². The fourth-order valence-corrected chi connectivity index (χ4v) is 1.27. The van der Waals surface area contributed by atoms with Crippen molar-refractivity contribution in [1.29, 1.82) is 0 Å². The number of esters is 1. The maximum atomic E-state index is 11.1. The lowest BCUT2D eigenvalue weighted by atomic mass is 9.93. The Hall–Kier alpha value is -1.12. The molecule has 2 unspecified atom stereocenters. The third kappa shape index (κ3) is 1.40. The zero-order chi connectivity index (χ0) is 9.35. The molecule has 3 nitrogen and oxygen atoms in total. The summed E-state index contributed by atoms with van der Waals surface area (Å²) < 4.78 is 4.99. The second kappa shape index (κ2) is 2.73. The van der Waals surface area contributed by atoms with Gasteiger partial charge in [0, 0.05) is 6.42 Å². The average Bonchev–Trinajstić information content (AvgIpc) is 2.28. The van der Waals surface area contributed by atoms with Gasteiger partial charge >= 0.3 is 5.97 Å². The number of carbonyl (C=O) groups is 2. The van der Waals surface area contributed by atoms with Crippen molar-refractivity contribution in [2.75, 3.05) is 0 Å². The minimum absolute atomic E-state index is 0.134. The highest BCUT2D eigenvalue weighted by atomic mass is 16.6. The number of carbonyl (C=O) groups excluding carboxylic acids is 2. The van der Waals surface area contributed by atoms with Crippen molar-refractivity contribution in [3.05, 3.63) is 12.7 Å². The van der Waals surface area contributed by atoms with Crippen LogP contribution in [0.4, 0.5) is 0 Å². The molecule has 2 atom stereocenters. The van der Waals surface area contributed by atoms with Crippen molar-refractivity contribution in [1.82, 2.24) is 0 Å². The van der Waals surface area contributed by atoms with Gasteiger partial charge in [-0.1, -0.05) is 6.58 Å². The van der Waals surface area contributed by atoms with E-state index in [1.807, 2.05) is 0 Å². The topological polar surface area (TPSA) is 43.4 Å². The minimum atomic E-state index is -0.645. The third-order valence-electron chi connectivity index (χ3n) is 2.15. The van der Waals surface area contributed by atoms with E-state index < -0.39 is 17.5 Å². The smallest absolute Gasteiger partial charge is 0.317 e. The van der Waals surface area contributed by atoms with Crippen molar-refractivity contribution in [3.63, 3.8) is 0 Å². The fraction of sp³-hybridized carbons (Fsp3) is 0.556. The van der Waals surface area contributed by atoms with E-state index in [-0.39, 0.29) is 5.78 Å². The lowest BCUT2D eigenvalue weighted by molar-refractivity contribution is -0.148. The van der Waals surface area contributed by atoms with E-state index >= 15 is 0 Å². The fourth-order valence-electron chi connectivity index (χ4n) is 1.27. The van der Waals surface area contributed by atoms with Gasteiger partial charge < -0.3 is 4.74 Å². The Morgan fingerprint density at radius 1 is 1.83 bits per heavy atom. The third-order valence-corrected chi connectivity index (χ3v) is 2.15. The zero-order valence-electron chi connectivity index (χ0n) is 7.29. The molecule has 3 heteroatoms. The molecule has 1 rings (SSSR count). The Labute approximate surface area is 71.4 Å². The van der Waals surface area contributed by atoms with Crippen molar-refractivity contribution in [2.45, 2.75) is 25.9 Å². The van der Waals surface area contributed by atoms with Gasteiger partial charge in [-0.25, -0.2) is 0 Å². The molecule has 1 saturated heterocycles. The summed E-state index contributed by atoms with van der Waals surface area (Å²) in [4.78, 5) is 22.0. The van der Waals surface area contributed by atoms with E-state index in [2.05, 4.69) is 6.58 Å². The summed E-state index contributed by atoms with van der Waals surface area (Å²) in [5.41, 5.74) is -0.645. The van der Waals surface area contributed by atoms with Gasteiger partial charge in [0.15, 0.2) is 0 Å². The summed E-state index contributed by atoms with van der Waals surface area (Å²) in [5, 5.41) is 0. The van der Waals surface area contributed by atoms with Gasteiger partial charge in [-0.05, 0) is 19.9 Å². The van der Waals surface area contributed by atoms with Gasteiger partial charge in [0.2, 0.25) is 0 Å². The molecule has 12 heavy (non-hydrogen) atoms. The number of rotatable bonds is 2. The molecule has 0 bridgehead atoms. The molecule has 0 amide bonds. The molecule has 0 saturated carbocycles. The number of hydrogen-bond acceptors (Lipinski definition) is 3. The zero-order valence-corrected chi connectivity index (χ0v) is 7.29. The maximum absolute atomic E-state index is 11.1. The van der Waals surface area contributed by atoms with Crippen LogP contribution >= 0.6 is 0 Å². The van der Waals surface area contributed by atoms with Crippen LogP contribution in [0.5, 0.6) is 0 Å². The Morgan fingerprint density at radius 3 is 2.67 bits per heavy atom. The molecule has 0 aromatic carbocycles. The summed E-state index contributed by atoms with van der Waals surface area (Å²) in [6.07, 6.45) is 1.98. The van der Waals surface area contributed by atoms with Crippen LogP contribution in [0.25, 0.3) is 0 Å². The molecule has 1 aliphatic rings. The number of ketones is 1. The summed E-state index contributed by atoms with van der Waals surface area (Å²) >= 11 is 0. The number of hydrogen-bond donors (Lipinski definition) is 0. The molecule has 1 fully saturated rings. The Balaban J connectivity index is 2.81. The predicted octanol–water partition coefficient (Wildman–Crippen LogP) is 1.08. The average molecular weight is 168 g/mol. The largest absolute Gasteiger partial charge is 0.455 e. The van der Waals surface area contributed by atoms with Crippen molar-refractivity contribution in [2.24, 2.45) is 5.92 Å². The normalized spacial score (nSPS) is 34.5. The molecule has 0 spiro atoms. The SMILES string of the molecule is C=CC1(C)CC(C(C)=O)C(=O)O1. The first kappa shape index (κ1) is 8.97. The molecule has 0 aromatic heterocycles. The summed E-state index contributed by atoms with van der Waals surface area (Å²) in [7, 11) is 0. The molecular formula is C9H12O3. The van der Waals surface area contributed by atoms with Crippen LogP contribution in [0.3, 0.4) is 0 Å².